The zero-order chi connectivity index (χ0) is 11.4. The lowest BCUT2D eigenvalue weighted by Crippen LogP contribution is -2.32. The van der Waals surface area contributed by atoms with Crippen molar-refractivity contribution in [2.75, 3.05) is 6.54 Å². The molecule has 3 nitrogen and oxygen atoms in total. The van der Waals surface area contributed by atoms with E-state index in [0.29, 0.717) is 0 Å². The molecule has 1 unspecified atom stereocenters. The fourth-order valence-electron chi connectivity index (χ4n) is 2.23. The van der Waals surface area contributed by atoms with Crippen molar-refractivity contribution in [2.45, 2.75) is 45.1 Å². The first-order valence-electron chi connectivity index (χ1n) is 6.51. The summed E-state index contributed by atoms with van der Waals surface area (Å²) in [7, 11) is 1.98. The highest BCUT2D eigenvalue weighted by atomic mass is 15.2. The van der Waals surface area contributed by atoms with Gasteiger partial charge in [-0.15, -0.1) is 0 Å². The molecule has 0 aromatic carbocycles. The Morgan fingerprint density at radius 1 is 1.56 bits per heavy atom. The van der Waals surface area contributed by atoms with E-state index >= 15 is 0 Å². The van der Waals surface area contributed by atoms with Crippen molar-refractivity contribution in [1.29, 1.82) is 0 Å². The fourth-order valence-corrected chi connectivity index (χ4v) is 2.23. The van der Waals surface area contributed by atoms with Gasteiger partial charge in [0.05, 0.1) is 5.69 Å². The van der Waals surface area contributed by atoms with Gasteiger partial charge in [0.25, 0.3) is 0 Å². The molecule has 0 bridgehead atoms. The summed E-state index contributed by atoms with van der Waals surface area (Å²) in [4.78, 5) is 0. The number of nitrogens with zero attached hydrogens (tertiary/aromatic N) is 2. The molecule has 2 rings (SSSR count). The first-order chi connectivity index (χ1) is 7.79. The normalized spacial score (nSPS) is 17.6. The Morgan fingerprint density at radius 2 is 2.38 bits per heavy atom. The molecule has 90 valence electrons. The molecule has 1 aliphatic carbocycles. The van der Waals surface area contributed by atoms with Crippen LogP contribution in [-0.2, 0) is 13.5 Å². The quantitative estimate of drug-likeness (QED) is 0.764. The summed E-state index contributed by atoms with van der Waals surface area (Å²) in [6.45, 7) is 3.39. The molecule has 0 spiro atoms. The van der Waals surface area contributed by atoms with Crippen molar-refractivity contribution in [3.63, 3.8) is 0 Å². The Bertz CT molecular complexity index is 315. The van der Waals surface area contributed by atoms with E-state index in [0.717, 1.165) is 24.9 Å². The monoisotopic (exact) mass is 221 g/mol. The first kappa shape index (κ1) is 11.6. The van der Waals surface area contributed by atoms with E-state index in [-0.39, 0.29) is 0 Å². The number of aryl methyl sites for hydroxylation is 2. The molecule has 0 radical (unpaired) electrons. The molecule has 1 fully saturated rings. The van der Waals surface area contributed by atoms with Crippen LogP contribution in [0, 0.1) is 5.92 Å². The molecule has 0 saturated heterocycles. The molecule has 1 N–H and O–H groups in total. The van der Waals surface area contributed by atoms with Gasteiger partial charge >= 0.3 is 0 Å². The van der Waals surface area contributed by atoms with Crippen LogP contribution in [0.2, 0.25) is 0 Å². The van der Waals surface area contributed by atoms with Crippen LogP contribution < -0.4 is 5.32 Å². The lowest BCUT2D eigenvalue weighted by molar-refractivity contribution is 0.433. The summed E-state index contributed by atoms with van der Waals surface area (Å²) in [5.74, 6) is 0.940. The predicted octanol–water partition coefficient (Wildman–Crippen LogP) is 2.13. The zero-order valence-corrected chi connectivity index (χ0v) is 10.4. The minimum atomic E-state index is 0.724. The molecule has 1 atom stereocenters. The second-order valence-electron chi connectivity index (χ2n) is 4.92. The third kappa shape index (κ3) is 3.34. The van der Waals surface area contributed by atoms with Crippen LogP contribution in [0.1, 0.15) is 38.3 Å². The molecule has 0 amide bonds. The molecule has 1 aromatic heterocycles. The van der Waals surface area contributed by atoms with Crippen molar-refractivity contribution in [1.82, 2.24) is 15.1 Å². The maximum absolute atomic E-state index is 4.43. The van der Waals surface area contributed by atoms with Crippen LogP contribution in [0.25, 0.3) is 0 Å². The molecule has 3 heteroatoms. The second kappa shape index (κ2) is 5.48. The standard InChI is InChI=1S/C13H23N3/c1-3-9-14-13(11-4-5-11)7-6-12-8-10-16(2)15-12/h8,10-11,13-14H,3-7,9H2,1-2H3. The van der Waals surface area contributed by atoms with E-state index < -0.39 is 0 Å². The van der Waals surface area contributed by atoms with Crippen LogP contribution >= 0.6 is 0 Å². The Labute approximate surface area is 98.2 Å². The molecule has 16 heavy (non-hydrogen) atoms. The predicted molar refractivity (Wildman–Crippen MR) is 66.3 cm³/mol. The summed E-state index contributed by atoms with van der Waals surface area (Å²) >= 11 is 0. The number of hydrogen-bond acceptors (Lipinski definition) is 2. The minimum Gasteiger partial charge on any atom is -0.314 e. The zero-order valence-electron chi connectivity index (χ0n) is 10.4. The van der Waals surface area contributed by atoms with Gasteiger partial charge in [-0.05, 0) is 50.6 Å². The van der Waals surface area contributed by atoms with E-state index in [1.807, 2.05) is 17.9 Å². The Morgan fingerprint density at radius 3 is 2.94 bits per heavy atom. The molecular formula is C13H23N3. The number of rotatable bonds is 7. The molecule has 1 saturated carbocycles. The molecule has 1 aromatic rings. The van der Waals surface area contributed by atoms with Gasteiger partial charge in [-0.2, -0.15) is 5.10 Å². The first-order valence-corrected chi connectivity index (χ1v) is 6.51. The number of aromatic nitrogens is 2. The number of hydrogen-bond donors (Lipinski definition) is 1. The Kier molecular flexibility index (Phi) is 3.99. The third-order valence-corrected chi connectivity index (χ3v) is 3.33. The fraction of sp³-hybridized carbons (Fsp3) is 0.769. The lowest BCUT2D eigenvalue weighted by atomic mass is 10.1. The highest BCUT2D eigenvalue weighted by Crippen LogP contribution is 2.34. The van der Waals surface area contributed by atoms with Gasteiger partial charge in [-0.3, -0.25) is 4.68 Å². The molecular weight excluding hydrogens is 198 g/mol. The van der Waals surface area contributed by atoms with Crippen LogP contribution in [0.5, 0.6) is 0 Å². The SMILES string of the molecule is CCCNC(CCc1ccn(C)n1)C1CC1. The van der Waals surface area contributed by atoms with Crippen molar-refractivity contribution in [2.24, 2.45) is 13.0 Å². The average molecular weight is 221 g/mol. The number of nitrogens with one attached hydrogen (secondary N) is 1. The smallest absolute Gasteiger partial charge is 0.0625 e. The maximum atomic E-state index is 4.43. The van der Waals surface area contributed by atoms with E-state index in [2.05, 4.69) is 23.4 Å². The summed E-state index contributed by atoms with van der Waals surface area (Å²) < 4.78 is 1.89. The van der Waals surface area contributed by atoms with Crippen LogP contribution in [-0.4, -0.2) is 22.4 Å². The second-order valence-corrected chi connectivity index (χ2v) is 4.92. The van der Waals surface area contributed by atoms with Crippen LogP contribution in [0.4, 0.5) is 0 Å². The van der Waals surface area contributed by atoms with Gasteiger partial charge in [0.15, 0.2) is 0 Å². The van der Waals surface area contributed by atoms with E-state index in [9.17, 15) is 0 Å². The third-order valence-electron chi connectivity index (χ3n) is 3.33. The summed E-state index contributed by atoms with van der Waals surface area (Å²) in [5, 5.41) is 8.11. The maximum Gasteiger partial charge on any atom is 0.0625 e. The van der Waals surface area contributed by atoms with Gasteiger partial charge in [0.1, 0.15) is 0 Å². The summed E-state index contributed by atoms with van der Waals surface area (Å²) in [6.07, 6.45) is 8.45. The minimum absolute atomic E-state index is 0.724. The van der Waals surface area contributed by atoms with Gasteiger partial charge < -0.3 is 5.32 Å². The molecule has 1 aliphatic rings. The highest BCUT2D eigenvalue weighted by Gasteiger charge is 2.30. The van der Waals surface area contributed by atoms with Crippen molar-refractivity contribution in [3.8, 4) is 0 Å². The van der Waals surface area contributed by atoms with Crippen LogP contribution in [0.3, 0.4) is 0 Å². The Hall–Kier alpha value is -0.830. The van der Waals surface area contributed by atoms with Gasteiger partial charge in [-0.25, -0.2) is 0 Å². The van der Waals surface area contributed by atoms with Gasteiger partial charge in [0, 0.05) is 19.3 Å². The average Bonchev–Trinajstić information content (AvgIpc) is 3.03. The van der Waals surface area contributed by atoms with Crippen molar-refractivity contribution < 1.29 is 0 Å². The Balaban J connectivity index is 1.77. The van der Waals surface area contributed by atoms with E-state index in [1.165, 1.54) is 31.4 Å². The largest absolute Gasteiger partial charge is 0.314 e. The molecule has 0 aliphatic heterocycles. The van der Waals surface area contributed by atoms with E-state index in [4.69, 9.17) is 0 Å². The van der Waals surface area contributed by atoms with Crippen LogP contribution in [0.15, 0.2) is 12.3 Å². The summed E-state index contributed by atoms with van der Waals surface area (Å²) in [5.41, 5.74) is 1.23. The van der Waals surface area contributed by atoms with Gasteiger partial charge in [-0.1, -0.05) is 6.92 Å². The van der Waals surface area contributed by atoms with Crippen molar-refractivity contribution in [3.05, 3.63) is 18.0 Å². The molecule has 1 heterocycles. The van der Waals surface area contributed by atoms with E-state index in [1.54, 1.807) is 0 Å². The van der Waals surface area contributed by atoms with Crippen molar-refractivity contribution >= 4 is 0 Å². The highest BCUT2D eigenvalue weighted by molar-refractivity contribution is 5.00. The summed E-state index contributed by atoms with van der Waals surface area (Å²) in [6, 6.07) is 2.85. The lowest BCUT2D eigenvalue weighted by Gasteiger charge is -2.17. The van der Waals surface area contributed by atoms with Gasteiger partial charge in [0.2, 0.25) is 0 Å². The topological polar surface area (TPSA) is 29.9 Å².